The van der Waals surface area contributed by atoms with Crippen molar-refractivity contribution in [2.75, 3.05) is 25.2 Å². The largest absolute Gasteiger partial charge is 0.490 e. The van der Waals surface area contributed by atoms with Gasteiger partial charge in [-0.25, -0.2) is 9.18 Å². The van der Waals surface area contributed by atoms with E-state index >= 15 is 0 Å². The first kappa shape index (κ1) is 21.4. The van der Waals surface area contributed by atoms with Crippen molar-refractivity contribution < 1.29 is 31.8 Å². The highest BCUT2D eigenvalue weighted by Gasteiger charge is 2.31. The average molecular weight is 476 g/mol. The van der Waals surface area contributed by atoms with Crippen LogP contribution in [-0.2, 0) is 10.9 Å². The van der Waals surface area contributed by atoms with E-state index in [1.165, 1.54) is 18.2 Å². The van der Waals surface area contributed by atoms with Gasteiger partial charge >= 0.3 is 12.1 Å². The third-order valence-corrected chi connectivity index (χ3v) is 5.38. The molecule has 0 amide bonds. The minimum atomic E-state index is -4.38. The van der Waals surface area contributed by atoms with Crippen LogP contribution in [0.2, 0.25) is 0 Å². The summed E-state index contributed by atoms with van der Waals surface area (Å²) in [6.45, 7) is 0.910. The SMILES string of the molecule is COC(=O)c1cc(Br)c(OC[C@H]2CCCN2c2ccc(C(F)(F)F)cc2)cc1F. The number of carbonyl (C=O) groups is 1. The molecule has 1 fully saturated rings. The van der Waals surface area contributed by atoms with Gasteiger partial charge in [-0.3, -0.25) is 0 Å². The molecular formula is C20H18BrF4NO3. The van der Waals surface area contributed by atoms with Gasteiger partial charge in [0, 0.05) is 18.3 Å². The number of benzene rings is 2. The van der Waals surface area contributed by atoms with Gasteiger partial charge in [-0.15, -0.1) is 0 Å². The Labute approximate surface area is 173 Å². The highest BCUT2D eigenvalue weighted by atomic mass is 79.9. The number of anilines is 1. The van der Waals surface area contributed by atoms with Gasteiger partial charge in [0.2, 0.25) is 0 Å². The van der Waals surface area contributed by atoms with Crippen molar-refractivity contribution in [2.45, 2.75) is 25.1 Å². The second kappa shape index (κ2) is 8.61. The highest BCUT2D eigenvalue weighted by Crippen LogP contribution is 2.33. The summed E-state index contributed by atoms with van der Waals surface area (Å²) in [5.74, 6) is -1.32. The summed E-state index contributed by atoms with van der Waals surface area (Å²) >= 11 is 3.26. The van der Waals surface area contributed by atoms with E-state index < -0.39 is 23.5 Å². The summed E-state index contributed by atoms with van der Waals surface area (Å²) in [6.07, 6.45) is -2.72. The zero-order valence-corrected chi connectivity index (χ0v) is 17.0. The molecule has 0 saturated carbocycles. The van der Waals surface area contributed by atoms with E-state index in [0.717, 1.165) is 38.2 Å². The smallest absolute Gasteiger partial charge is 0.416 e. The first-order valence-corrected chi connectivity index (χ1v) is 9.64. The summed E-state index contributed by atoms with van der Waals surface area (Å²) in [6, 6.07) is 7.34. The van der Waals surface area contributed by atoms with Crippen molar-refractivity contribution >= 4 is 27.6 Å². The fourth-order valence-corrected chi connectivity index (χ4v) is 3.74. The van der Waals surface area contributed by atoms with E-state index in [4.69, 9.17) is 4.74 Å². The summed E-state index contributed by atoms with van der Waals surface area (Å²) in [5, 5.41) is 0. The van der Waals surface area contributed by atoms with Crippen LogP contribution in [0.1, 0.15) is 28.8 Å². The fraction of sp³-hybridized carbons (Fsp3) is 0.350. The molecule has 0 radical (unpaired) electrons. The van der Waals surface area contributed by atoms with Gasteiger partial charge in [0.15, 0.2) is 0 Å². The number of ether oxygens (including phenoxy) is 2. The van der Waals surface area contributed by atoms with E-state index in [9.17, 15) is 22.4 Å². The van der Waals surface area contributed by atoms with Gasteiger partial charge in [-0.1, -0.05) is 0 Å². The molecular weight excluding hydrogens is 458 g/mol. The van der Waals surface area contributed by atoms with Crippen LogP contribution in [0.4, 0.5) is 23.2 Å². The van der Waals surface area contributed by atoms with Crippen molar-refractivity contribution in [3.63, 3.8) is 0 Å². The van der Waals surface area contributed by atoms with Crippen LogP contribution in [-0.4, -0.2) is 32.3 Å². The Kier molecular flexibility index (Phi) is 6.36. The molecule has 1 aliphatic rings. The second-order valence-electron chi connectivity index (χ2n) is 6.60. The van der Waals surface area contributed by atoms with Gasteiger partial charge in [0.1, 0.15) is 18.2 Å². The molecule has 0 aliphatic carbocycles. The third kappa shape index (κ3) is 4.83. The molecule has 4 nitrogen and oxygen atoms in total. The maximum Gasteiger partial charge on any atom is 0.416 e. The zero-order chi connectivity index (χ0) is 21.2. The molecule has 0 aromatic heterocycles. The number of esters is 1. The standard InChI is InChI=1S/C20H18BrF4NO3/c1-28-19(27)15-9-16(21)18(10-17(15)22)29-11-14-3-2-8-26(14)13-6-4-12(5-7-13)20(23,24)25/h4-7,9-10,14H,2-3,8,11H2,1H3/t14-/m1/s1. The predicted molar refractivity (Wildman–Crippen MR) is 103 cm³/mol. The lowest BCUT2D eigenvalue weighted by atomic mass is 10.1. The van der Waals surface area contributed by atoms with Gasteiger partial charge in [0.25, 0.3) is 0 Å². The number of rotatable bonds is 5. The molecule has 0 N–H and O–H groups in total. The monoisotopic (exact) mass is 475 g/mol. The Bertz CT molecular complexity index is 887. The quantitative estimate of drug-likeness (QED) is 0.426. The van der Waals surface area contributed by atoms with E-state index in [-0.39, 0.29) is 24.0 Å². The van der Waals surface area contributed by atoms with Crippen molar-refractivity contribution in [2.24, 2.45) is 0 Å². The normalized spacial score (nSPS) is 16.8. The lowest BCUT2D eigenvalue weighted by molar-refractivity contribution is -0.137. The number of hydrogen-bond acceptors (Lipinski definition) is 4. The molecule has 0 bridgehead atoms. The van der Waals surface area contributed by atoms with E-state index in [1.54, 1.807) is 0 Å². The molecule has 0 spiro atoms. The summed E-state index contributed by atoms with van der Waals surface area (Å²) in [4.78, 5) is 13.5. The molecule has 1 heterocycles. The number of methoxy groups -OCH3 is 1. The Balaban J connectivity index is 1.70. The summed E-state index contributed by atoms with van der Waals surface area (Å²) in [7, 11) is 1.16. The van der Waals surface area contributed by atoms with Crippen molar-refractivity contribution in [1.82, 2.24) is 0 Å². The van der Waals surface area contributed by atoms with Crippen molar-refractivity contribution in [1.29, 1.82) is 0 Å². The second-order valence-corrected chi connectivity index (χ2v) is 7.45. The van der Waals surface area contributed by atoms with Crippen LogP contribution in [0.15, 0.2) is 40.9 Å². The Morgan fingerprint density at radius 3 is 2.55 bits per heavy atom. The van der Waals surface area contributed by atoms with Gasteiger partial charge in [0.05, 0.1) is 28.8 Å². The number of carbonyl (C=O) groups excluding carboxylic acids is 1. The molecule has 1 atom stereocenters. The van der Waals surface area contributed by atoms with Crippen molar-refractivity contribution in [3.8, 4) is 5.75 Å². The molecule has 1 aliphatic heterocycles. The number of nitrogens with zero attached hydrogens (tertiary/aromatic N) is 1. The topological polar surface area (TPSA) is 38.8 Å². The molecule has 3 rings (SSSR count). The fourth-order valence-electron chi connectivity index (χ4n) is 3.28. The van der Waals surface area contributed by atoms with Crippen LogP contribution >= 0.6 is 15.9 Å². The molecule has 9 heteroatoms. The molecule has 2 aromatic rings. The first-order chi connectivity index (χ1) is 13.7. The predicted octanol–water partition coefficient (Wildman–Crippen LogP) is 5.44. The van der Waals surface area contributed by atoms with Crippen LogP contribution in [0, 0.1) is 5.82 Å². The number of halogens is 5. The van der Waals surface area contributed by atoms with Gasteiger partial charge < -0.3 is 14.4 Å². The lowest BCUT2D eigenvalue weighted by Crippen LogP contribution is -2.34. The molecule has 0 unspecified atom stereocenters. The zero-order valence-electron chi connectivity index (χ0n) is 15.4. The van der Waals surface area contributed by atoms with Gasteiger partial charge in [-0.05, 0) is 59.1 Å². The minimum Gasteiger partial charge on any atom is -0.490 e. The van der Waals surface area contributed by atoms with E-state index in [2.05, 4.69) is 20.7 Å². The average Bonchev–Trinajstić information content (AvgIpc) is 3.15. The van der Waals surface area contributed by atoms with Gasteiger partial charge in [-0.2, -0.15) is 13.2 Å². The Hall–Kier alpha value is -2.29. The highest BCUT2D eigenvalue weighted by molar-refractivity contribution is 9.10. The van der Waals surface area contributed by atoms with Crippen molar-refractivity contribution in [3.05, 3.63) is 57.8 Å². The Morgan fingerprint density at radius 1 is 1.24 bits per heavy atom. The van der Waals surface area contributed by atoms with Crippen LogP contribution in [0.25, 0.3) is 0 Å². The number of hydrogen-bond donors (Lipinski definition) is 0. The molecule has 1 saturated heterocycles. The van der Waals surface area contributed by atoms with Crippen LogP contribution in [0.3, 0.4) is 0 Å². The third-order valence-electron chi connectivity index (χ3n) is 4.76. The summed E-state index contributed by atoms with van der Waals surface area (Å²) in [5.41, 5.74) is -0.229. The Morgan fingerprint density at radius 2 is 1.93 bits per heavy atom. The first-order valence-electron chi connectivity index (χ1n) is 8.84. The maximum absolute atomic E-state index is 14.1. The van der Waals surface area contributed by atoms with Crippen LogP contribution < -0.4 is 9.64 Å². The number of alkyl halides is 3. The molecule has 29 heavy (non-hydrogen) atoms. The molecule has 156 valence electrons. The maximum atomic E-state index is 14.1. The minimum absolute atomic E-state index is 0.0676. The van der Waals surface area contributed by atoms with E-state index in [1.807, 2.05) is 4.90 Å². The summed E-state index contributed by atoms with van der Waals surface area (Å²) < 4.78 is 63.1. The van der Waals surface area contributed by atoms with Crippen LogP contribution in [0.5, 0.6) is 5.75 Å². The van der Waals surface area contributed by atoms with E-state index in [0.29, 0.717) is 16.7 Å². The lowest BCUT2D eigenvalue weighted by Gasteiger charge is -2.27. The molecule has 2 aromatic carbocycles.